The molecule has 0 spiro atoms. The molecule has 28 heavy (non-hydrogen) atoms. The van der Waals surface area contributed by atoms with E-state index in [2.05, 4.69) is 27.2 Å². The van der Waals surface area contributed by atoms with Crippen molar-refractivity contribution in [1.82, 2.24) is 14.7 Å². The quantitative estimate of drug-likeness (QED) is 0.483. The minimum Gasteiger partial charge on any atom is -0.333 e. The summed E-state index contributed by atoms with van der Waals surface area (Å²) in [5, 5.41) is 15.8. The van der Waals surface area contributed by atoms with E-state index >= 15 is 0 Å². The fraction of sp³-hybridized carbons (Fsp3) is 0.350. The van der Waals surface area contributed by atoms with Crippen LogP contribution in [0.15, 0.2) is 60.7 Å². The van der Waals surface area contributed by atoms with Gasteiger partial charge >= 0.3 is 0 Å². The van der Waals surface area contributed by atoms with Crippen molar-refractivity contribution >= 4 is 23.0 Å². The Kier molecular flexibility index (Phi) is 5.25. The van der Waals surface area contributed by atoms with E-state index in [9.17, 15) is 10.1 Å². The molecule has 8 heteroatoms. The molecule has 2 aromatic carbocycles. The molecular weight excluding hydrogens is 374 g/mol. The Hall–Kier alpha value is -2.55. The van der Waals surface area contributed by atoms with E-state index in [1.165, 1.54) is 5.56 Å². The van der Waals surface area contributed by atoms with Gasteiger partial charge in [-0.1, -0.05) is 48.5 Å². The number of hydrogen-bond acceptors (Lipinski definition) is 5. The smallest absolute Gasteiger partial charge is 0.264 e. The molecule has 2 saturated heterocycles. The Bertz CT molecular complexity index is 850. The van der Waals surface area contributed by atoms with Gasteiger partial charge in [0.25, 0.3) is 5.54 Å². The first-order chi connectivity index (χ1) is 13.5. The van der Waals surface area contributed by atoms with Crippen LogP contribution >= 0.6 is 12.2 Å². The van der Waals surface area contributed by atoms with Crippen LogP contribution < -0.4 is 5.32 Å². The van der Waals surface area contributed by atoms with E-state index < -0.39 is 5.54 Å². The highest BCUT2D eigenvalue weighted by molar-refractivity contribution is 7.80. The topological polar surface area (TPSA) is 64.9 Å². The maximum absolute atomic E-state index is 12.1. The highest BCUT2D eigenvalue weighted by Gasteiger charge is 2.54. The molecule has 0 saturated carbocycles. The number of rotatable bonds is 4. The summed E-state index contributed by atoms with van der Waals surface area (Å²) in [7, 11) is 0. The number of nitrogens with one attached hydrogen (secondary N) is 1. The molecule has 7 nitrogen and oxygen atoms in total. The van der Waals surface area contributed by atoms with Crippen LogP contribution in [-0.4, -0.2) is 63.2 Å². The monoisotopic (exact) mass is 397 g/mol. The Morgan fingerprint density at radius 1 is 1.04 bits per heavy atom. The van der Waals surface area contributed by atoms with Crippen molar-refractivity contribution < 1.29 is 4.92 Å². The third-order valence-corrected chi connectivity index (χ3v) is 5.60. The molecule has 2 aliphatic heterocycles. The fourth-order valence-corrected chi connectivity index (χ4v) is 4.33. The van der Waals surface area contributed by atoms with Crippen LogP contribution in [0, 0.1) is 10.1 Å². The second-order valence-corrected chi connectivity index (χ2v) is 7.95. The van der Waals surface area contributed by atoms with Crippen molar-refractivity contribution in [3.05, 3.63) is 76.3 Å². The Balaban J connectivity index is 1.48. The molecule has 0 aliphatic carbocycles. The molecule has 1 N–H and O–H groups in total. The molecule has 2 fully saturated rings. The predicted molar refractivity (Wildman–Crippen MR) is 112 cm³/mol. The van der Waals surface area contributed by atoms with Crippen LogP contribution in [0.4, 0.5) is 5.69 Å². The van der Waals surface area contributed by atoms with Crippen LogP contribution in [0.5, 0.6) is 0 Å². The number of hydrogen-bond donors (Lipinski definition) is 1. The molecular formula is C20H23N5O2S. The van der Waals surface area contributed by atoms with Gasteiger partial charge in [0.2, 0.25) is 0 Å². The zero-order valence-electron chi connectivity index (χ0n) is 15.5. The van der Waals surface area contributed by atoms with Crippen LogP contribution in [0.2, 0.25) is 0 Å². The number of nitrogens with zero attached hydrogens (tertiary/aromatic N) is 4. The van der Waals surface area contributed by atoms with Crippen LogP contribution in [0.3, 0.4) is 0 Å². The van der Waals surface area contributed by atoms with Crippen molar-refractivity contribution in [3.8, 4) is 0 Å². The molecule has 2 unspecified atom stereocenters. The maximum Gasteiger partial charge on any atom is 0.264 e. The molecule has 146 valence electrons. The van der Waals surface area contributed by atoms with E-state index in [0.717, 1.165) is 5.69 Å². The average Bonchev–Trinajstić information content (AvgIpc) is 2.68. The number of fused-ring (bicyclic) bond motifs is 2. The van der Waals surface area contributed by atoms with Gasteiger partial charge in [-0.15, -0.1) is 0 Å². The Morgan fingerprint density at radius 3 is 2.39 bits per heavy atom. The lowest BCUT2D eigenvalue weighted by atomic mass is 9.93. The zero-order chi connectivity index (χ0) is 19.6. The lowest BCUT2D eigenvalue weighted by molar-refractivity contribution is -0.579. The van der Waals surface area contributed by atoms with E-state index in [1.807, 2.05) is 53.4 Å². The van der Waals surface area contributed by atoms with Crippen molar-refractivity contribution in [2.24, 2.45) is 0 Å². The van der Waals surface area contributed by atoms with E-state index in [1.54, 1.807) is 0 Å². The molecule has 2 atom stereocenters. The van der Waals surface area contributed by atoms with Gasteiger partial charge in [-0.25, -0.2) is 0 Å². The summed E-state index contributed by atoms with van der Waals surface area (Å²) in [5.74, 6) is 0. The molecule has 2 bridgehead atoms. The number of thiocarbonyl (C=S) groups is 1. The van der Waals surface area contributed by atoms with Crippen molar-refractivity contribution in [3.63, 3.8) is 0 Å². The lowest BCUT2D eigenvalue weighted by Gasteiger charge is -2.50. The van der Waals surface area contributed by atoms with Gasteiger partial charge in [-0.05, 0) is 29.9 Å². The second kappa shape index (κ2) is 7.83. The van der Waals surface area contributed by atoms with Gasteiger partial charge in [-0.2, -0.15) is 0 Å². The van der Waals surface area contributed by atoms with Gasteiger partial charge in [0.1, 0.15) is 0 Å². The summed E-state index contributed by atoms with van der Waals surface area (Å²) in [5.41, 5.74) is 1.01. The summed E-state index contributed by atoms with van der Waals surface area (Å²) in [6.45, 7) is 3.15. The summed E-state index contributed by atoms with van der Waals surface area (Å²) < 4.78 is 0. The SMILES string of the molecule is O=[N+]([O-])C12CN(Cc3ccccc3)CN(CN(C(=S)Nc3ccccc3)C1)C2. The number of anilines is 1. The van der Waals surface area contributed by atoms with Gasteiger partial charge in [-0.3, -0.25) is 19.9 Å². The van der Waals surface area contributed by atoms with Crippen molar-refractivity contribution in [1.29, 1.82) is 0 Å². The Labute approximate surface area is 169 Å². The minimum absolute atomic E-state index is 0.117. The van der Waals surface area contributed by atoms with Crippen LogP contribution in [0.25, 0.3) is 0 Å². The van der Waals surface area contributed by atoms with E-state index in [0.29, 0.717) is 44.6 Å². The normalized spacial score (nSPS) is 24.6. The van der Waals surface area contributed by atoms with Crippen molar-refractivity contribution in [2.45, 2.75) is 12.1 Å². The molecule has 2 aromatic rings. The van der Waals surface area contributed by atoms with Gasteiger partial charge in [0, 0.05) is 17.2 Å². The highest BCUT2D eigenvalue weighted by Crippen LogP contribution is 2.28. The van der Waals surface area contributed by atoms with Crippen LogP contribution in [0.1, 0.15) is 5.56 Å². The van der Waals surface area contributed by atoms with Crippen LogP contribution in [-0.2, 0) is 6.54 Å². The summed E-state index contributed by atoms with van der Waals surface area (Å²) in [6, 6.07) is 19.8. The average molecular weight is 398 g/mol. The first-order valence-corrected chi connectivity index (χ1v) is 9.69. The first kappa shape index (κ1) is 18.8. The molecule has 0 amide bonds. The molecule has 0 radical (unpaired) electrons. The highest BCUT2D eigenvalue weighted by atomic mass is 32.1. The first-order valence-electron chi connectivity index (χ1n) is 9.28. The largest absolute Gasteiger partial charge is 0.333 e. The number of para-hydroxylation sites is 1. The van der Waals surface area contributed by atoms with Crippen molar-refractivity contribution in [2.75, 3.05) is 38.3 Å². The van der Waals surface area contributed by atoms with Gasteiger partial charge in [0.15, 0.2) is 5.11 Å². The fourth-order valence-electron chi connectivity index (χ4n) is 4.09. The molecule has 2 heterocycles. The summed E-state index contributed by atoms with van der Waals surface area (Å²) in [4.78, 5) is 18.1. The third-order valence-electron chi connectivity index (χ3n) is 5.24. The van der Waals surface area contributed by atoms with Gasteiger partial charge in [0.05, 0.1) is 33.0 Å². The molecule has 4 rings (SSSR count). The van der Waals surface area contributed by atoms with E-state index in [-0.39, 0.29) is 4.92 Å². The summed E-state index contributed by atoms with van der Waals surface area (Å²) in [6.07, 6.45) is 0. The standard InChI is InChI=1S/C20H23N5O2S/c26-25(27)20-12-22(11-17-7-3-1-4-8-17)15-23(13-20)16-24(14-20)19(28)21-18-9-5-2-6-10-18/h1-10H,11-16H2,(H,21,28). The Morgan fingerprint density at radius 2 is 1.71 bits per heavy atom. The molecule has 2 aliphatic rings. The minimum atomic E-state index is -1.05. The second-order valence-electron chi connectivity index (χ2n) is 7.56. The van der Waals surface area contributed by atoms with Gasteiger partial charge < -0.3 is 10.2 Å². The predicted octanol–water partition coefficient (Wildman–Crippen LogP) is 2.45. The zero-order valence-corrected chi connectivity index (χ0v) is 16.3. The third kappa shape index (κ3) is 3.99. The van der Waals surface area contributed by atoms with E-state index in [4.69, 9.17) is 12.2 Å². The number of nitro groups is 1. The lowest BCUT2D eigenvalue weighted by Crippen LogP contribution is -2.72. The number of benzene rings is 2. The summed E-state index contributed by atoms with van der Waals surface area (Å²) >= 11 is 5.56. The molecule has 0 aromatic heterocycles. The maximum atomic E-state index is 12.1.